The van der Waals surface area contributed by atoms with Crippen LogP contribution in [0.3, 0.4) is 0 Å². The first-order valence-electron chi connectivity index (χ1n) is 5.32. The van der Waals surface area contributed by atoms with Crippen LogP contribution in [0, 0.1) is 13.8 Å². The van der Waals surface area contributed by atoms with Crippen LogP contribution in [-0.2, 0) is 0 Å². The fourth-order valence-electron chi connectivity index (χ4n) is 1.63. The zero-order chi connectivity index (χ0) is 12.4. The molecule has 3 nitrogen and oxygen atoms in total. The molecule has 0 fully saturated rings. The van der Waals surface area contributed by atoms with Crippen molar-refractivity contribution in [2.75, 3.05) is 11.1 Å². The highest BCUT2D eigenvalue weighted by atomic mass is 35.5. The van der Waals surface area contributed by atoms with Crippen molar-refractivity contribution in [3.63, 3.8) is 0 Å². The lowest BCUT2D eigenvalue weighted by molar-refractivity contribution is 1.28. The van der Waals surface area contributed by atoms with Crippen molar-refractivity contribution < 1.29 is 0 Å². The van der Waals surface area contributed by atoms with Gasteiger partial charge in [-0.25, -0.2) is 4.98 Å². The zero-order valence-corrected chi connectivity index (χ0v) is 10.5. The SMILES string of the molecule is Cc1cc(N)nc(Nc2cc(C)ccc2Cl)c1. The van der Waals surface area contributed by atoms with E-state index in [4.69, 9.17) is 17.3 Å². The number of aryl methyl sites for hydroxylation is 2. The van der Waals surface area contributed by atoms with Crippen molar-refractivity contribution in [3.05, 3.63) is 46.5 Å². The molecular weight excluding hydrogens is 234 g/mol. The van der Waals surface area contributed by atoms with Crippen molar-refractivity contribution in [1.29, 1.82) is 0 Å². The van der Waals surface area contributed by atoms with Gasteiger partial charge in [-0.3, -0.25) is 0 Å². The number of aromatic nitrogens is 1. The smallest absolute Gasteiger partial charge is 0.133 e. The Bertz CT molecular complexity index is 532. The first-order chi connectivity index (χ1) is 8.04. The summed E-state index contributed by atoms with van der Waals surface area (Å²) in [7, 11) is 0. The van der Waals surface area contributed by atoms with E-state index in [0.29, 0.717) is 16.7 Å². The number of anilines is 3. The summed E-state index contributed by atoms with van der Waals surface area (Å²) in [5, 5.41) is 3.84. The van der Waals surface area contributed by atoms with Gasteiger partial charge in [0.15, 0.2) is 0 Å². The third-order valence-electron chi connectivity index (χ3n) is 2.37. The predicted octanol–water partition coefficient (Wildman–Crippen LogP) is 3.68. The average molecular weight is 248 g/mol. The number of hydrogen-bond donors (Lipinski definition) is 2. The molecule has 2 rings (SSSR count). The van der Waals surface area contributed by atoms with Gasteiger partial charge in [0.2, 0.25) is 0 Å². The Morgan fingerprint density at radius 3 is 2.59 bits per heavy atom. The van der Waals surface area contributed by atoms with Gasteiger partial charge in [0.1, 0.15) is 11.6 Å². The Labute approximate surface area is 106 Å². The molecule has 17 heavy (non-hydrogen) atoms. The summed E-state index contributed by atoms with van der Waals surface area (Å²) in [4.78, 5) is 4.21. The molecule has 0 bridgehead atoms. The molecule has 0 atom stereocenters. The van der Waals surface area contributed by atoms with Gasteiger partial charge in [0.25, 0.3) is 0 Å². The molecule has 1 heterocycles. The highest BCUT2D eigenvalue weighted by Gasteiger charge is 2.03. The number of halogens is 1. The third-order valence-corrected chi connectivity index (χ3v) is 2.70. The van der Waals surface area contributed by atoms with E-state index in [1.807, 2.05) is 44.2 Å². The van der Waals surface area contributed by atoms with Crippen LogP contribution in [0.5, 0.6) is 0 Å². The van der Waals surface area contributed by atoms with Crippen LogP contribution in [0.2, 0.25) is 5.02 Å². The van der Waals surface area contributed by atoms with Crippen molar-refractivity contribution in [3.8, 4) is 0 Å². The van der Waals surface area contributed by atoms with Gasteiger partial charge in [0.05, 0.1) is 10.7 Å². The molecule has 0 spiro atoms. The Kier molecular flexibility index (Phi) is 3.20. The summed E-state index contributed by atoms with van der Waals surface area (Å²) < 4.78 is 0. The molecule has 4 heteroatoms. The normalized spacial score (nSPS) is 10.3. The summed E-state index contributed by atoms with van der Waals surface area (Å²) in [6, 6.07) is 9.55. The predicted molar refractivity (Wildman–Crippen MR) is 72.9 cm³/mol. The summed E-state index contributed by atoms with van der Waals surface area (Å²) in [5.74, 6) is 1.20. The second-order valence-electron chi connectivity index (χ2n) is 4.06. The molecule has 1 aromatic carbocycles. The van der Waals surface area contributed by atoms with Crippen molar-refractivity contribution >= 4 is 28.9 Å². The molecule has 3 N–H and O–H groups in total. The van der Waals surface area contributed by atoms with Crippen LogP contribution in [0.4, 0.5) is 17.3 Å². The maximum Gasteiger partial charge on any atom is 0.133 e. The molecule has 0 aliphatic heterocycles. The third kappa shape index (κ3) is 2.88. The topological polar surface area (TPSA) is 50.9 Å². The van der Waals surface area contributed by atoms with E-state index in [0.717, 1.165) is 16.8 Å². The number of rotatable bonds is 2. The van der Waals surface area contributed by atoms with E-state index in [1.165, 1.54) is 0 Å². The van der Waals surface area contributed by atoms with Gasteiger partial charge in [-0.15, -0.1) is 0 Å². The first-order valence-corrected chi connectivity index (χ1v) is 5.70. The Balaban J connectivity index is 2.34. The van der Waals surface area contributed by atoms with Crippen LogP contribution >= 0.6 is 11.6 Å². The van der Waals surface area contributed by atoms with Crippen molar-refractivity contribution in [2.24, 2.45) is 0 Å². The number of nitrogens with two attached hydrogens (primary N) is 1. The lowest BCUT2D eigenvalue weighted by Crippen LogP contribution is -1.98. The van der Waals surface area contributed by atoms with Gasteiger partial charge >= 0.3 is 0 Å². The highest BCUT2D eigenvalue weighted by molar-refractivity contribution is 6.33. The van der Waals surface area contributed by atoms with Crippen LogP contribution in [-0.4, -0.2) is 4.98 Å². The van der Waals surface area contributed by atoms with Gasteiger partial charge in [-0.1, -0.05) is 17.7 Å². The molecular formula is C13H14ClN3. The Morgan fingerprint density at radius 1 is 1.12 bits per heavy atom. The molecule has 0 saturated heterocycles. The summed E-state index contributed by atoms with van der Waals surface area (Å²) >= 11 is 6.10. The average Bonchev–Trinajstić information content (AvgIpc) is 2.22. The van der Waals surface area contributed by atoms with E-state index in [9.17, 15) is 0 Å². The van der Waals surface area contributed by atoms with Gasteiger partial charge in [0, 0.05) is 0 Å². The van der Waals surface area contributed by atoms with E-state index in [1.54, 1.807) is 0 Å². The van der Waals surface area contributed by atoms with Crippen LogP contribution < -0.4 is 11.1 Å². The number of pyridine rings is 1. The number of benzene rings is 1. The van der Waals surface area contributed by atoms with Crippen LogP contribution in [0.25, 0.3) is 0 Å². The summed E-state index contributed by atoms with van der Waals surface area (Å²) in [6.07, 6.45) is 0. The van der Waals surface area contributed by atoms with Gasteiger partial charge < -0.3 is 11.1 Å². The maximum absolute atomic E-state index is 6.10. The van der Waals surface area contributed by atoms with Crippen LogP contribution in [0.1, 0.15) is 11.1 Å². The molecule has 0 aliphatic rings. The standard InChI is InChI=1S/C13H14ClN3/c1-8-3-4-10(14)11(5-8)16-13-7-9(2)6-12(15)17-13/h3-7H,1-2H3,(H3,15,16,17). The number of nitrogen functional groups attached to an aromatic ring is 1. The molecule has 1 aromatic heterocycles. The van der Waals surface area contributed by atoms with Crippen LogP contribution in [0.15, 0.2) is 30.3 Å². The zero-order valence-electron chi connectivity index (χ0n) is 9.79. The van der Waals surface area contributed by atoms with E-state index >= 15 is 0 Å². The van der Waals surface area contributed by atoms with Crippen molar-refractivity contribution in [2.45, 2.75) is 13.8 Å². The lowest BCUT2D eigenvalue weighted by Gasteiger charge is -2.09. The van der Waals surface area contributed by atoms with Gasteiger partial charge in [-0.2, -0.15) is 0 Å². The number of nitrogens with zero attached hydrogens (tertiary/aromatic N) is 1. The summed E-state index contributed by atoms with van der Waals surface area (Å²) in [6.45, 7) is 3.99. The largest absolute Gasteiger partial charge is 0.384 e. The first kappa shape index (κ1) is 11.7. The summed E-state index contributed by atoms with van der Waals surface area (Å²) in [5.41, 5.74) is 8.73. The molecule has 0 saturated carbocycles. The fourth-order valence-corrected chi connectivity index (χ4v) is 1.80. The molecule has 0 unspecified atom stereocenters. The Hall–Kier alpha value is -1.74. The molecule has 0 amide bonds. The second kappa shape index (κ2) is 4.63. The minimum absolute atomic E-state index is 0.497. The molecule has 88 valence electrons. The van der Waals surface area contributed by atoms with E-state index in [-0.39, 0.29) is 0 Å². The minimum Gasteiger partial charge on any atom is -0.384 e. The fraction of sp³-hybridized carbons (Fsp3) is 0.154. The van der Waals surface area contributed by atoms with E-state index < -0.39 is 0 Å². The minimum atomic E-state index is 0.497. The Morgan fingerprint density at radius 2 is 1.88 bits per heavy atom. The number of nitrogens with one attached hydrogen (secondary N) is 1. The lowest BCUT2D eigenvalue weighted by atomic mass is 10.2. The molecule has 2 aromatic rings. The maximum atomic E-state index is 6.10. The van der Waals surface area contributed by atoms with Gasteiger partial charge in [-0.05, 0) is 49.2 Å². The quantitative estimate of drug-likeness (QED) is 0.851. The van der Waals surface area contributed by atoms with Crippen molar-refractivity contribution in [1.82, 2.24) is 4.98 Å². The number of hydrogen-bond acceptors (Lipinski definition) is 3. The second-order valence-corrected chi connectivity index (χ2v) is 4.47. The molecule has 0 aliphatic carbocycles. The highest BCUT2D eigenvalue weighted by Crippen LogP contribution is 2.26. The monoisotopic (exact) mass is 247 g/mol. The van der Waals surface area contributed by atoms with E-state index in [2.05, 4.69) is 10.3 Å². The molecule has 0 radical (unpaired) electrons.